The second kappa shape index (κ2) is 27.1. The van der Waals surface area contributed by atoms with Crippen LogP contribution < -0.4 is 14.7 Å². The topological polar surface area (TPSA) is 26.8 Å². The van der Waals surface area contributed by atoms with Crippen molar-refractivity contribution < 1.29 is 4.79 Å². The maximum atomic E-state index is 13.6. The molecule has 0 amide bonds. The number of nitrogens with zero attached hydrogens (tertiary/aromatic N) is 3. The van der Waals surface area contributed by atoms with Gasteiger partial charge in [0.25, 0.3) is 0 Å². The molecule has 0 radical (unpaired) electrons. The summed E-state index contributed by atoms with van der Waals surface area (Å²) >= 11 is 0. The molecule has 0 atom stereocenters. The highest BCUT2D eigenvalue weighted by molar-refractivity contribution is 6.12. The predicted octanol–water partition coefficient (Wildman–Crippen LogP) is 14.5. The minimum absolute atomic E-state index is 0.0389. The van der Waals surface area contributed by atoms with Crippen molar-refractivity contribution in [2.45, 2.75) is 76.2 Å². The molecule has 0 aliphatic carbocycles. The number of benzene rings is 5. The van der Waals surface area contributed by atoms with E-state index in [4.69, 9.17) is 0 Å². The molecular formula is C54H75N3O. The molecule has 5 aromatic carbocycles. The van der Waals surface area contributed by atoms with Crippen LogP contribution in [-0.2, 0) is 0 Å². The summed E-state index contributed by atoms with van der Waals surface area (Å²) in [7, 11) is 12.1. The van der Waals surface area contributed by atoms with E-state index in [1.165, 1.54) is 22.5 Å². The molecule has 312 valence electrons. The van der Waals surface area contributed by atoms with E-state index in [1.54, 1.807) is 0 Å². The number of anilines is 3. The lowest BCUT2D eigenvalue weighted by Crippen LogP contribution is -2.13. The summed E-state index contributed by atoms with van der Waals surface area (Å²) in [5.74, 6) is 0.0389. The molecule has 0 bridgehead atoms. The molecule has 4 nitrogen and oxygen atoms in total. The summed E-state index contributed by atoms with van der Waals surface area (Å²) in [5.41, 5.74) is 15.7. The lowest BCUT2D eigenvalue weighted by Gasteiger charge is -2.22. The van der Waals surface area contributed by atoms with Crippen molar-refractivity contribution in [3.05, 3.63) is 178 Å². The van der Waals surface area contributed by atoms with Crippen molar-refractivity contribution in [3.8, 4) is 0 Å². The maximum Gasteiger partial charge on any atom is 0.193 e. The summed E-state index contributed by atoms with van der Waals surface area (Å²) < 4.78 is 0. The van der Waals surface area contributed by atoms with Crippen molar-refractivity contribution in [2.75, 3.05) is 57.0 Å². The van der Waals surface area contributed by atoms with Gasteiger partial charge in [0.1, 0.15) is 0 Å². The predicted molar refractivity (Wildman–Crippen MR) is 265 cm³/mol. The van der Waals surface area contributed by atoms with Gasteiger partial charge in [-0.3, -0.25) is 4.79 Å². The third-order valence-corrected chi connectivity index (χ3v) is 9.34. The van der Waals surface area contributed by atoms with E-state index in [0.29, 0.717) is 5.56 Å². The SMILES string of the molecule is C=Cc1c(C)c(C)c(C(=O)c2ccc(N(C)C)cc2)c(C)c1C(=C)c1ccc(C)cc1.C=Cc1ccc(N(C)C)cc1.CC.CC.CC.Cc1ccc(N(C)C)cc1. The van der Waals surface area contributed by atoms with Crippen molar-refractivity contribution in [3.63, 3.8) is 0 Å². The van der Waals surface area contributed by atoms with E-state index in [2.05, 4.69) is 123 Å². The highest BCUT2D eigenvalue weighted by atomic mass is 16.1. The molecule has 58 heavy (non-hydrogen) atoms. The Labute approximate surface area is 355 Å². The van der Waals surface area contributed by atoms with Crippen LogP contribution in [0.25, 0.3) is 17.7 Å². The first-order valence-corrected chi connectivity index (χ1v) is 20.6. The minimum Gasteiger partial charge on any atom is -0.378 e. The number of carbonyl (C=O) groups excluding carboxylic acids is 1. The molecule has 5 rings (SSSR count). The van der Waals surface area contributed by atoms with E-state index in [1.807, 2.05) is 139 Å². The summed E-state index contributed by atoms with van der Waals surface area (Å²) in [6.45, 7) is 34.4. The Kier molecular flexibility index (Phi) is 24.5. The largest absolute Gasteiger partial charge is 0.378 e. The van der Waals surface area contributed by atoms with Crippen LogP contribution in [-0.4, -0.2) is 48.1 Å². The Morgan fingerprint density at radius 3 is 1.16 bits per heavy atom. The third kappa shape index (κ3) is 15.0. The first kappa shape index (κ1) is 52.4. The van der Waals surface area contributed by atoms with Gasteiger partial charge in [0.05, 0.1) is 0 Å². The van der Waals surface area contributed by atoms with Crippen molar-refractivity contribution in [2.24, 2.45) is 0 Å². The molecule has 4 heteroatoms. The van der Waals surface area contributed by atoms with Crippen molar-refractivity contribution in [1.29, 1.82) is 0 Å². The molecule has 0 heterocycles. The van der Waals surface area contributed by atoms with Gasteiger partial charge >= 0.3 is 0 Å². The van der Waals surface area contributed by atoms with Gasteiger partial charge < -0.3 is 14.7 Å². The van der Waals surface area contributed by atoms with Gasteiger partial charge in [-0.25, -0.2) is 0 Å². The fraction of sp³-hybridized carbons (Fsp3) is 0.315. The van der Waals surface area contributed by atoms with Crippen LogP contribution in [0.5, 0.6) is 0 Å². The number of carbonyl (C=O) groups is 1. The molecule has 0 saturated carbocycles. The van der Waals surface area contributed by atoms with Gasteiger partial charge in [0.15, 0.2) is 5.78 Å². The summed E-state index contributed by atoms with van der Waals surface area (Å²) in [5, 5.41) is 0. The normalized spacial score (nSPS) is 9.40. The first-order chi connectivity index (χ1) is 27.6. The van der Waals surface area contributed by atoms with Crippen molar-refractivity contribution >= 4 is 40.6 Å². The van der Waals surface area contributed by atoms with Crippen LogP contribution in [0, 0.1) is 34.6 Å². The zero-order valence-electron chi connectivity index (χ0n) is 39.3. The zero-order valence-corrected chi connectivity index (χ0v) is 39.3. The number of aryl methyl sites for hydroxylation is 2. The fourth-order valence-corrected chi connectivity index (χ4v) is 5.88. The smallest absolute Gasteiger partial charge is 0.193 e. The Balaban J connectivity index is 0.000000979. The highest BCUT2D eigenvalue weighted by Crippen LogP contribution is 2.36. The van der Waals surface area contributed by atoms with Crippen LogP contribution in [0.4, 0.5) is 17.1 Å². The van der Waals surface area contributed by atoms with Gasteiger partial charge in [-0.15, -0.1) is 0 Å². The minimum atomic E-state index is 0.0389. The average molecular weight is 782 g/mol. The highest BCUT2D eigenvalue weighted by Gasteiger charge is 2.23. The average Bonchev–Trinajstić information content (AvgIpc) is 3.25. The molecule has 5 aromatic rings. The Hall–Kier alpha value is -5.61. The summed E-state index contributed by atoms with van der Waals surface area (Å²) in [6.07, 6.45) is 3.73. The molecule has 0 aromatic heterocycles. The van der Waals surface area contributed by atoms with Gasteiger partial charge in [-0.05, 0) is 128 Å². The van der Waals surface area contributed by atoms with Gasteiger partial charge in [0.2, 0.25) is 0 Å². The number of hydrogen-bond acceptors (Lipinski definition) is 4. The first-order valence-electron chi connectivity index (χ1n) is 20.6. The number of rotatable bonds is 9. The monoisotopic (exact) mass is 782 g/mol. The second-order valence-corrected chi connectivity index (χ2v) is 13.8. The van der Waals surface area contributed by atoms with Crippen LogP contribution >= 0.6 is 0 Å². The standard InChI is InChI=1S/C29H31NO.C10H13N.C9H13N.3C2H6/c1-9-26-19(3)20(4)28(29(31)24-14-16-25(17-15-24)30(7)8)22(6)27(26)21(5)23-12-10-18(2)11-13-23;1-4-9-5-7-10(8-6-9)11(2)3;1-8-4-6-9(7-5-8)10(2)3;3*1-2/h9-17H,1,5H2,2-4,6-8H3;4-8H,1H2,2-3H3;4-7H,1-3H3;3*1-2H3. The van der Waals surface area contributed by atoms with Gasteiger partial charge in [-0.2, -0.15) is 0 Å². The summed E-state index contributed by atoms with van der Waals surface area (Å²) in [4.78, 5) is 19.8. The quantitative estimate of drug-likeness (QED) is 0.139. The van der Waals surface area contributed by atoms with Gasteiger partial charge in [-0.1, -0.05) is 133 Å². The van der Waals surface area contributed by atoms with Crippen LogP contribution in [0.2, 0.25) is 0 Å². The Morgan fingerprint density at radius 1 is 0.448 bits per heavy atom. The van der Waals surface area contributed by atoms with E-state index in [0.717, 1.165) is 55.8 Å². The van der Waals surface area contributed by atoms with Crippen LogP contribution in [0.1, 0.15) is 108 Å². The second-order valence-electron chi connectivity index (χ2n) is 13.8. The van der Waals surface area contributed by atoms with E-state index < -0.39 is 0 Å². The lowest BCUT2D eigenvalue weighted by molar-refractivity contribution is 0.103. The lowest BCUT2D eigenvalue weighted by atomic mass is 9.81. The molecule has 0 spiro atoms. The van der Waals surface area contributed by atoms with Gasteiger partial charge in [0, 0.05) is 70.5 Å². The zero-order chi connectivity index (χ0) is 44.7. The molecule has 0 unspecified atom stereocenters. The molecule has 0 N–H and O–H groups in total. The molecular weight excluding hydrogens is 707 g/mol. The number of ketones is 1. The van der Waals surface area contributed by atoms with Crippen LogP contribution in [0.3, 0.4) is 0 Å². The van der Waals surface area contributed by atoms with E-state index in [-0.39, 0.29) is 5.78 Å². The molecule has 0 fully saturated rings. The third-order valence-electron chi connectivity index (χ3n) is 9.34. The Morgan fingerprint density at radius 2 is 0.793 bits per heavy atom. The maximum absolute atomic E-state index is 13.6. The van der Waals surface area contributed by atoms with Crippen LogP contribution in [0.15, 0.2) is 117 Å². The molecule has 0 aliphatic rings. The fourth-order valence-electron chi connectivity index (χ4n) is 5.88. The summed E-state index contributed by atoms with van der Waals surface area (Å²) in [6, 6.07) is 32.9. The molecule has 0 aliphatic heterocycles. The van der Waals surface area contributed by atoms with Crippen molar-refractivity contribution in [1.82, 2.24) is 0 Å². The van der Waals surface area contributed by atoms with E-state index >= 15 is 0 Å². The van der Waals surface area contributed by atoms with E-state index in [9.17, 15) is 4.79 Å². The Bertz CT molecular complexity index is 1980. The number of hydrogen-bond donors (Lipinski definition) is 0. The molecule has 0 saturated heterocycles.